The van der Waals surface area contributed by atoms with E-state index in [0.29, 0.717) is 5.95 Å². The van der Waals surface area contributed by atoms with Crippen LogP contribution < -0.4 is 0 Å². The van der Waals surface area contributed by atoms with Gasteiger partial charge >= 0.3 is 0 Å². The van der Waals surface area contributed by atoms with Crippen LogP contribution >= 0.6 is 0 Å². The van der Waals surface area contributed by atoms with Gasteiger partial charge in [0.15, 0.2) is 0 Å². The van der Waals surface area contributed by atoms with E-state index in [1.807, 2.05) is 18.2 Å². The molecule has 0 spiro atoms. The molecule has 3 heterocycles. The molecule has 0 fully saturated rings. The summed E-state index contributed by atoms with van der Waals surface area (Å²) in [5, 5.41) is 4.67. The number of benzene rings is 7. The lowest BCUT2D eigenvalue weighted by Gasteiger charge is -2.22. The second-order valence-corrected chi connectivity index (χ2v) is 14.6. The quantitative estimate of drug-likeness (QED) is 0.186. The maximum Gasteiger partial charge on any atom is 0.235 e. The number of para-hydroxylation sites is 2. The minimum atomic E-state index is -0.175. The molecule has 53 heavy (non-hydrogen) atoms. The van der Waals surface area contributed by atoms with Gasteiger partial charge in [-0.2, -0.15) is 0 Å². The van der Waals surface area contributed by atoms with Crippen molar-refractivity contribution >= 4 is 43.7 Å². The highest BCUT2D eigenvalue weighted by molar-refractivity contribution is 6.11. The second-order valence-electron chi connectivity index (χ2n) is 14.6. The van der Waals surface area contributed by atoms with Gasteiger partial charge < -0.3 is 4.42 Å². The molecule has 10 aromatic rings. The fourth-order valence-corrected chi connectivity index (χ4v) is 8.55. The van der Waals surface area contributed by atoms with Gasteiger partial charge in [0.1, 0.15) is 11.2 Å². The molecule has 0 saturated carbocycles. The van der Waals surface area contributed by atoms with E-state index in [2.05, 4.69) is 164 Å². The van der Waals surface area contributed by atoms with Gasteiger partial charge in [0.2, 0.25) is 5.95 Å². The van der Waals surface area contributed by atoms with Crippen molar-refractivity contribution < 1.29 is 4.42 Å². The zero-order chi connectivity index (χ0) is 35.3. The van der Waals surface area contributed by atoms with E-state index in [9.17, 15) is 0 Å². The van der Waals surface area contributed by atoms with Crippen molar-refractivity contribution in [2.24, 2.45) is 0 Å². The Labute approximate surface area is 306 Å². The van der Waals surface area contributed by atoms with Crippen LogP contribution in [0, 0.1) is 0 Å². The maximum absolute atomic E-state index is 6.32. The average Bonchev–Trinajstić information content (AvgIpc) is 3.82. The third kappa shape index (κ3) is 4.49. The molecule has 0 atom stereocenters. The second kappa shape index (κ2) is 11.1. The first kappa shape index (κ1) is 29.9. The van der Waals surface area contributed by atoms with Crippen LogP contribution in [0.2, 0.25) is 0 Å². The monoisotopic (exact) mass is 679 g/mol. The van der Waals surface area contributed by atoms with Crippen LogP contribution in [0.3, 0.4) is 0 Å². The van der Waals surface area contributed by atoms with Gasteiger partial charge in [-0.25, -0.2) is 9.97 Å². The minimum Gasteiger partial charge on any atom is -0.456 e. The summed E-state index contributed by atoms with van der Waals surface area (Å²) in [6.07, 6.45) is 0. The van der Waals surface area contributed by atoms with E-state index >= 15 is 0 Å². The number of fused-ring (bicyclic) bond motifs is 9. The first-order chi connectivity index (χ1) is 26.0. The van der Waals surface area contributed by atoms with E-state index in [4.69, 9.17) is 14.4 Å². The summed E-state index contributed by atoms with van der Waals surface area (Å²) in [6, 6.07) is 58.1. The van der Waals surface area contributed by atoms with Crippen molar-refractivity contribution in [3.05, 3.63) is 175 Å². The standard InChI is InChI=1S/C49H33N3O/c1-49(2)40-26-33(21-23-34(40)37-27-39-36-18-10-12-20-46(36)53-47(39)28-41(37)49)32-22-24-45-38(25-32)35-17-9-11-19-44(35)52(45)48-50-42(30-13-5-3-6-14-30)29-43(51-48)31-15-7-4-8-16-31/h3-29H,1-2H3. The van der Waals surface area contributed by atoms with E-state index in [1.165, 1.54) is 49.5 Å². The molecular weight excluding hydrogens is 647 g/mol. The molecule has 0 bridgehead atoms. The van der Waals surface area contributed by atoms with E-state index in [1.54, 1.807) is 0 Å². The lowest BCUT2D eigenvalue weighted by atomic mass is 9.81. The molecule has 0 saturated heterocycles. The number of hydrogen-bond donors (Lipinski definition) is 0. The number of furan rings is 1. The highest BCUT2D eigenvalue weighted by Crippen LogP contribution is 2.52. The molecule has 4 heteroatoms. The smallest absolute Gasteiger partial charge is 0.235 e. The van der Waals surface area contributed by atoms with Crippen LogP contribution in [0.4, 0.5) is 0 Å². The summed E-state index contributed by atoms with van der Waals surface area (Å²) in [5.41, 5.74) is 15.4. The van der Waals surface area contributed by atoms with Gasteiger partial charge in [-0.15, -0.1) is 0 Å². The van der Waals surface area contributed by atoms with Crippen LogP contribution in [0.25, 0.3) is 94.5 Å². The van der Waals surface area contributed by atoms with Gasteiger partial charge in [0.05, 0.1) is 22.4 Å². The Morgan fingerprint density at radius 2 is 1.04 bits per heavy atom. The summed E-state index contributed by atoms with van der Waals surface area (Å²) in [7, 11) is 0. The van der Waals surface area contributed by atoms with Gasteiger partial charge in [-0.3, -0.25) is 4.57 Å². The van der Waals surface area contributed by atoms with Crippen molar-refractivity contribution in [3.8, 4) is 50.7 Å². The molecule has 0 aliphatic heterocycles. The molecule has 0 unspecified atom stereocenters. The predicted molar refractivity (Wildman–Crippen MR) is 218 cm³/mol. The number of aromatic nitrogens is 3. The molecule has 0 N–H and O–H groups in total. The molecule has 4 nitrogen and oxygen atoms in total. The van der Waals surface area contributed by atoms with Gasteiger partial charge in [-0.1, -0.05) is 129 Å². The van der Waals surface area contributed by atoms with Crippen LogP contribution in [-0.2, 0) is 5.41 Å². The lowest BCUT2D eigenvalue weighted by molar-refractivity contribution is 0.647. The molecule has 11 rings (SSSR count). The van der Waals surface area contributed by atoms with Crippen molar-refractivity contribution in [1.29, 1.82) is 0 Å². The fraction of sp³-hybridized carbons (Fsp3) is 0.0612. The van der Waals surface area contributed by atoms with Gasteiger partial charge in [0.25, 0.3) is 0 Å². The van der Waals surface area contributed by atoms with Crippen LogP contribution in [-0.4, -0.2) is 14.5 Å². The summed E-state index contributed by atoms with van der Waals surface area (Å²) in [6.45, 7) is 4.67. The zero-order valence-corrected chi connectivity index (χ0v) is 29.3. The molecule has 250 valence electrons. The highest BCUT2D eigenvalue weighted by atomic mass is 16.3. The summed E-state index contributed by atoms with van der Waals surface area (Å²) >= 11 is 0. The van der Waals surface area contributed by atoms with Crippen molar-refractivity contribution in [2.75, 3.05) is 0 Å². The van der Waals surface area contributed by atoms with Crippen molar-refractivity contribution in [3.63, 3.8) is 0 Å². The first-order valence-electron chi connectivity index (χ1n) is 18.2. The Kier molecular flexibility index (Phi) is 6.27. The highest BCUT2D eigenvalue weighted by Gasteiger charge is 2.36. The zero-order valence-electron chi connectivity index (χ0n) is 29.3. The summed E-state index contributed by atoms with van der Waals surface area (Å²) in [4.78, 5) is 10.4. The topological polar surface area (TPSA) is 43.9 Å². The fourth-order valence-electron chi connectivity index (χ4n) is 8.55. The van der Waals surface area contributed by atoms with Crippen molar-refractivity contribution in [1.82, 2.24) is 14.5 Å². The third-order valence-electron chi connectivity index (χ3n) is 11.2. The summed E-state index contributed by atoms with van der Waals surface area (Å²) in [5.74, 6) is 0.653. The van der Waals surface area contributed by atoms with Crippen LogP contribution in [0.5, 0.6) is 0 Å². The largest absolute Gasteiger partial charge is 0.456 e. The molecule has 1 aliphatic rings. The number of rotatable bonds is 4. The SMILES string of the molecule is CC1(C)c2cc(-c3ccc4c(c3)c3ccccc3n4-c3nc(-c4ccccc4)cc(-c4ccccc4)n3)ccc2-c2cc3c(cc21)oc1ccccc13. The Balaban J connectivity index is 1.07. The van der Waals surface area contributed by atoms with E-state index in [-0.39, 0.29) is 5.41 Å². The molecule has 7 aromatic carbocycles. The molecule has 3 aromatic heterocycles. The molecule has 1 aliphatic carbocycles. The Bertz CT molecular complexity index is 3020. The van der Waals surface area contributed by atoms with Gasteiger partial charge in [-0.05, 0) is 81.9 Å². The van der Waals surface area contributed by atoms with E-state index < -0.39 is 0 Å². The minimum absolute atomic E-state index is 0.175. The normalized spacial score (nSPS) is 13.2. The van der Waals surface area contributed by atoms with Crippen LogP contribution in [0.1, 0.15) is 25.0 Å². The Morgan fingerprint density at radius 1 is 0.434 bits per heavy atom. The first-order valence-corrected chi connectivity index (χ1v) is 18.2. The molecular formula is C49H33N3O. The molecule has 0 amide bonds. The summed E-state index contributed by atoms with van der Waals surface area (Å²) < 4.78 is 8.54. The van der Waals surface area contributed by atoms with Gasteiger partial charge in [0, 0.05) is 38.1 Å². The van der Waals surface area contributed by atoms with Crippen LogP contribution in [0.15, 0.2) is 168 Å². The molecule has 0 radical (unpaired) electrons. The lowest BCUT2D eigenvalue weighted by Crippen LogP contribution is -2.15. The van der Waals surface area contributed by atoms with Crippen molar-refractivity contribution in [2.45, 2.75) is 19.3 Å². The number of nitrogens with zero attached hydrogens (tertiary/aromatic N) is 3. The maximum atomic E-state index is 6.32. The third-order valence-corrected chi connectivity index (χ3v) is 11.2. The number of hydrogen-bond acceptors (Lipinski definition) is 3. The predicted octanol–water partition coefficient (Wildman–Crippen LogP) is 12.8. The Morgan fingerprint density at radius 3 is 1.79 bits per heavy atom. The van der Waals surface area contributed by atoms with E-state index in [0.717, 1.165) is 50.1 Å². The Hall–Kier alpha value is -6.78. The average molecular weight is 680 g/mol.